The number of unbranched alkanes of at least 4 members (excludes halogenated alkanes) is 1. The molecule has 0 fully saturated rings. The molecule has 3 N–H and O–H groups in total. The third-order valence-corrected chi connectivity index (χ3v) is 4.44. The Kier molecular flexibility index (Phi) is 12.9. The number of halogens is 1. The van der Waals surface area contributed by atoms with Gasteiger partial charge in [-0.1, -0.05) is 33.1 Å². The van der Waals surface area contributed by atoms with Crippen LogP contribution in [0.15, 0.2) is 17.4 Å². The maximum Gasteiger partial charge on any atom is 0.191 e. The maximum atomic E-state index is 10.7. The molecule has 1 rings (SSSR count). The van der Waals surface area contributed by atoms with Crippen LogP contribution in [0.2, 0.25) is 0 Å². The normalized spacial score (nSPS) is 15.1. The number of guanidine groups is 1. The molecule has 0 bridgehead atoms. The van der Waals surface area contributed by atoms with Crippen LogP contribution in [0.4, 0.5) is 0 Å². The van der Waals surface area contributed by atoms with Gasteiger partial charge in [-0.2, -0.15) is 5.10 Å². The number of hydrogen-bond donors (Lipinski definition) is 3. The van der Waals surface area contributed by atoms with E-state index in [0.29, 0.717) is 12.5 Å². The minimum absolute atomic E-state index is 0. The van der Waals surface area contributed by atoms with Crippen molar-refractivity contribution in [3.8, 4) is 0 Å². The van der Waals surface area contributed by atoms with Crippen LogP contribution in [-0.2, 0) is 12.6 Å². The summed E-state index contributed by atoms with van der Waals surface area (Å²) in [4.78, 5) is 4.59. The lowest BCUT2D eigenvalue weighted by atomic mass is 9.97. The molecule has 0 aliphatic rings. The standard InChI is InChI=1S/C19H37N5O.HI/c1-6-9-11-16(10-7-2)12-21-18(20-8-3)22-15-19(4,25)17-13-23-24(5)14-17;/h13-14,16,25H,6-12,15H2,1-5H3,(H2,20,21,22);1H. The van der Waals surface area contributed by atoms with Crippen molar-refractivity contribution in [2.75, 3.05) is 19.6 Å². The highest BCUT2D eigenvalue weighted by Crippen LogP contribution is 2.20. The molecule has 0 saturated heterocycles. The lowest BCUT2D eigenvalue weighted by molar-refractivity contribution is 0.0671. The van der Waals surface area contributed by atoms with Crippen LogP contribution in [-0.4, -0.2) is 40.5 Å². The summed E-state index contributed by atoms with van der Waals surface area (Å²) in [6.07, 6.45) is 9.73. The smallest absolute Gasteiger partial charge is 0.191 e. The zero-order chi connectivity index (χ0) is 18.7. The SMILES string of the molecule is CCCCC(CCC)CNC(=NCC(C)(O)c1cnn(C)c1)NCC.I. The average molecular weight is 479 g/mol. The summed E-state index contributed by atoms with van der Waals surface area (Å²) in [6, 6.07) is 0. The van der Waals surface area contributed by atoms with Crippen molar-refractivity contribution in [1.29, 1.82) is 0 Å². The van der Waals surface area contributed by atoms with Gasteiger partial charge in [0.2, 0.25) is 0 Å². The van der Waals surface area contributed by atoms with E-state index in [0.717, 1.165) is 24.6 Å². The van der Waals surface area contributed by atoms with Crippen LogP contribution in [0.5, 0.6) is 0 Å². The number of rotatable bonds is 11. The molecule has 152 valence electrons. The van der Waals surface area contributed by atoms with E-state index in [1.165, 1.54) is 32.1 Å². The van der Waals surface area contributed by atoms with Gasteiger partial charge in [0.25, 0.3) is 0 Å². The third-order valence-electron chi connectivity index (χ3n) is 4.44. The van der Waals surface area contributed by atoms with E-state index >= 15 is 0 Å². The van der Waals surface area contributed by atoms with Crippen LogP contribution in [0.25, 0.3) is 0 Å². The maximum absolute atomic E-state index is 10.7. The molecular formula is C19H38IN5O. The number of aryl methyl sites for hydroxylation is 1. The van der Waals surface area contributed by atoms with Crippen LogP contribution < -0.4 is 10.6 Å². The van der Waals surface area contributed by atoms with Gasteiger partial charge in [0.1, 0.15) is 5.60 Å². The zero-order valence-corrected chi connectivity index (χ0v) is 19.4. The molecule has 0 spiro atoms. The molecule has 0 aromatic carbocycles. The Bertz CT molecular complexity index is 516. The largest absolute Gasteiger partial charge is 0.383 e. The van der Waals surface area contributed by atoms with Gasteiger partial charge < -0.3 is 15.7 Å². The predicted molar refractivity (Wildman–Crippen MR) is 120 cm³/mol. The molecule has 1 heterocycles. The van der Waals surface area contributed by atoms with Crippen molar-refractivity contribution in [2.24, 2.45) is 18.0 Å². The fourth-order valence-corrected chi connectivity index (χ4v) is 2.86. The van der Waals surface area contributed by atoms with Crippen LogP contribution >= 0.6 is 24.0 Å². The first kappa shape index (κ1) is 25.2. The number of aliphatic hydroxyl groups is 1. The van der Waals surface area contributed by atoms with E-state index in [1.807, 2.05) is 13.2 Å². The highest BCUT2D eigenvalue weighted by Gasteiger charge is 2.24. The van der Waals surface area contributed by atoms with Gasteiger partial charge >= 0.3 is 0 Å². The van der Waals surface area contributed by atoms with Crippen molar-refractivity contribution in [3.05, 3.63) is 18.0 Å². The first-order valence-electron chi connectivity index (χ1n) is 9.66. The highest BCUT2D eigenvalue weighted by molar-refractivity contribution is 14.0. The van der Waals surface area contributed by atoms with Gasteiger partial charge in [-0.05, 0) is 32.6 Å². The first-order valence-corrected chi connectivity index (χ1v) is 9.66. The fraction of sp³-hybridized carbons (Fsp3) is 0.789. The lowest BCUT2D eigenvalue weighted by Crippen LogP contribution is -2.41. The van der Waals surface area contributed by atoms with Crippen molar-refractivity contribution in [3.63, 3.8) is 0 Å². The molecule has 26 heavy (non-hydrogen) atoms. The van der Waals surface area contributed by atoms with E-state index in [1.54, 1.807) is 17.8 Å². The molecule has 0 aliphatic heterocycles. The second-order valence-corrected chi connectivity index (χ2v) is 7.05. The molecule has 2 atom stereocenters. The zero-order valence-electron chi connectivity index (χ0n) is 17.1. The van der Waals surface area contributed by atoms with Crippen molar-refractivity contribution in [1.82, 2.24) is 20.4 Å². The predicted octanol–water partition coefficient (Wildman–Crippen LogP) is 3.41. The Balaban J connectivity index is 0.00000625. The van der Waals surface area contributed by atoms with Crippen LogP contribution in [0, 0.1) is 5.92 Å². The monoisotopic (exact) mass is 479 g/mol. The van der Waals surface area contributed by atoms with Gasteiger partial charge in [-0.25, -0.2) is 4.99 Å². The van der Waals surface area contributed by atoms with Gasteiger partial charge in [-0.15, -0.1) is 24.0 Å². The Morgan fingerprint density at radius 3 is 2.54 bits per heavy atom. The van der Waals surface area contributed by atoms with E-state index < -0.39 is 5.60 Å². The molecule has 0 amide bonds. The van der Waals surface area contributed by atoms with Crippen molar-refractivity contribution in [2.45, 2.75) is 65.4 Å². The van der Waals surface area contributed by atoms with Gasteiger partial charge in [-0.3, -0.25) is 4.68 Å². The molecule has 2 unspecified atom stereocenters. The Hall–Kier alpha value is -0.830. The fourth-order valence-electron chi connectivity index (χ4n) is 2.86. The number of aromatic nitrogens is 2. The second-order valence-electron chi connectivity index (χ2n) is 7.05. The summed E-state index contributed by atoms with van der Waals surface area (Å²) in [6.45, 7) is 10.3. The van der Waals surface area contributed by atoms with E-state index in [-0.39, 0.29) is 24.0 Å². The topological polar surface area (TPSA) is 74.5 Å². The molecule has 1 aromatic rings. The number of aliphatic imine (C=N–C) groups is 1. The summed E-state index contributed by atoms with van der Waals surface area (Å²) in [5.41, 5.74) is -0.247. The van der Waals surface area contributed by atoms with Crippen molar-refractivity contribution < 1.29 is 5.11 Å². The highest BCUT2D eigenvalue weighted by atomic mass is 127. The van der Waals surface area contributed by atoms with E-state index in [2.05, 4.69) is 41.5 Å². The minimum atomic E-state index is -1.03. The molecule has 0 radical (unpaired) electrons. The summed E-state index contributed by atoms with van der Waals surface area (Å²) >= 11 is 0. The van der Waals surface area contributed by atoms with Crippen molar-refractivity contribution >= 4 is 29.9 Å². The third kappa shape index (κ3) is 9.21. The Morgan fingerprint density at radius 1 is 1.27 bits per heavy atom. The van der Waals surface area contributed by atoms with Crippen LogP contribution in [0.1, 0.15) is 65.4 Å². The summed E-state index contributed by atoms with van der Waals surface area (Å²) in [5, 5.41) is 21.5. The van der Waals surface area contributed by atoms with E-state index in [4.69, 9.17) is 0 Å². The molecule has 6 nitrogen and oxygen atoms in total. The summed E-state index contributed by atoms with van der Waals surface area (Å²) in [7, 11) is 1.85. The van der Waals surface area contributed by atoms with Gasteiger partial charge in [0, 0.05) is 31.9 Å². The molecule has 1 aromatic heterocycles. The Labute approximate surface area is 176 Å². The Morgan fingerprint density at radius 2 is 2.00 bits per heavy atom. The molecule has 0 saturated carbocycles. The second kappa shape index (κ2) is 13.4. The number of nitrogens with one attached hydrogen (secondary N) is 2. The quantitative estimate of drug-likeness (QED) is 0.258. The molecule has 7 heteroatoms. The van der Waals surface area contributed by atoms with Crippen LogP contribution in [0.3, 0.4) is 0 Å². The minimum Gasteiger partial charge on any atom is -0.383 e. The average Bonchev–Trinajstić information content (AvgIpc) is 3.02. The van der Waals surface area contributed by atoms with Gasteiger partial charge in [0.15, 0.2) is 5.96 Å². The molecular weight excluding hydrogens is 441 g/mol. The van der Waals surface area contributed by atoms with Gasteiger partial charge in [0.05, 0.1) is 12.7 Å². The first-order chi connectivity index (χ1) is 11.9. The summed E-state index contributed by atoms with van der Waals surface area (Å²) in [5.74, 6) is 1.44. The number of hydrogen-bond acceptors (Lipinski definition) is 3. The van der Waals surface area contributed by atoms with E-state index in [9.17, 15) is 5.11 Å². The molecule has 0 aliphatic carbocycles. The summed E-state index contributed by atoms with van der Waals surface area (Å²) < 4.78 is 1.69. The lowest BCUT2D eigenvalue weighted by Gasteiger charge is -2.22. The number of nitrogens with zero attached hydrogens (tertiary/aromatic N) is 3.